The first-order valence-electron chi connectivity index (χ1n) is 8.49. The van der Waals surface area contributed by atoms with Gasteiger partial charge in [-0.15, -0.1) is 0 Å². The summed E-state index contributed by atoms with van der Waals surface area (Å²) in [4.78, 5) is 12.4. The van der Waals surface area contributed by atoms with Crippen LogP contribution in [0.1, 0.15) is 47.8 Å². The average Bonchev–Trinajstić information content (AvgIpc) is 2.95. The van der Waals surface area contributed by atoms with E-state index >= 15 is 0 Å². The predicted octanol–water partition coefficient (Wildman–Crippen LogP) is 5.13. The van der Waals surface area contributed by atoms with Gasteiger partial charge in [-0.1, -0.05) is 48.9 Å². The minimum Gasteiger partial charge on any atom is -0.462 e. The maximum Gasteiger partial charge on any atom is 0.340 e. The average molecular weight is 321 g/mol. The van der Waals surface area contributed by atoms with E-state index in [2.05, 4.69) is 54.0 Å². The van der Waals surface area contributed by atoms with E-state index in [-0.39, 0.29) is 12.0 Å². The Kier molecular flexibility index (Phi) is 4.70. The number of esters is 1. The Morgan fingerprint density at radius 1 is 1.12 bits per heavy atom. The number of rotatable bonds is 5. The van der Waals surface area contributed by atoms with Gasteiger partial charge in [-0.25, -0.2) is 4.79 Å². The topological polar surface area (TPSA) is 31.2 Å². The summed E-state index contributed by atoms with van der Waals surface area (Å²) < 4.78 is 7.46. The first-order chi connectivity index (χ1) is 11.7. The fourth-order valence-corrected chi connectivity index (χ4v) is 3.27. The van der Waals surface area contributed by atoms with Gasteiger partial charge in [0.1, 0.15) is 0 Å². The highest BCUT2D eigenvalue weighted by molar-refractivity contribution is 6.04. The molecule has 0 spiro atoms. The van der Waals surface area contributed by atoms with Gasteiger partial charge >= 0.3 is 5.97 Å². The second kappa shape index (κ2) is 6.91. The molecule has 0 radical (unpaired) electrons. The highest BCUT2D eigenvalue weighted by Gasteiger charge is 2.20. The molecule has 1 unspecified atom stereocenters. The number of benzene rings is 2. The fourth-order valence-electron chi connectivity index (χ4n) is 3.27. The highest BCUT2D eigenvalue weighted by Crippen LogP contribution is 2.31. The molecule has 0 aliphatic carbocycles. The number of carbonyl (C=O) groups excluding carboxylic acids is 1. The van der Waals surface area contributed by atoms with Crippen molar-refractivity contribution < 1.29 is 9.53 Å². The molecule has 0 fully saturated rings. The third-order valence-corrected chi connectivity index (χ3v) is 4.39. The molecule has 0 bridgehead atoms. The zero-order chi connectivity index (χ0) is 17.1. The van der Waals surface area contributed by atoms with E-state index in [1.54, 1.807) is 0 Å². The van der Waals surface area contributed by atoms with Gasteiger partial charge in [0, 0.05) is 17.1 Å². The number of ether oxygens (including phenoxy) is 1. The minimum absolute atomic E-state index is 0.194. The fraction of sp³-hybridized carbons (Fsp3) is 0.286. The van der Waals surface area contributed by atoms with Crippen molar-refractivity contribution in [3.63, 3.8) is 0 Å². The predicted molar refractivity (Wildman–Crippen MR) is 97.5 cm³/mol. The van der Waals surface area contributed by atoms with Crippen LogP contribution in [0.25, 0.3) is 10.9 Å². The molecule has 0 amide bonds. The Morgan fingerprint density at radius 3 is 2.54 bits per heavy atom. The number of nitrogens with zero attached hydrogens (tertiary/aromatic N) is 1. The largest absolute Gasteiger partial charge is 0.462 e. The lowest BCUT2D eigenvalue weighted by molar-refractivity contribution is 0.0528. The molecule has 0 saturated carbocycles. The SMILES string of the molecule is CCOC(=O)c1cn(C(CC)c2ccccc2)c2ccc(C)cc12. The van der Waals surface area contributed by atoms with Crippen LogP contribution < -0.4 is 0 Å². The molecule has 1 atom stereocenters. The van der Waals surface area contributed by atoms with Crippen molar-refractivity contribution in [2.45, 2.75) is 33.2 Å². The van der Waals surface area contributed by atoms with E-state index in [0.717, 1.165) is 22.9 Å². The summed E-state index contributed by atoms with van der Waals surface area (Å²) in [6, 6.07) is 16.9. The molecule has 1 heterocycles. The molecule has 0 saturated heterocycles. The highest BCUT2D eigenvalue weighted by atomic mass is 16.5. The lowest BCUT2D eigenvalue weighted by Gasteiger charge is -2.19. The zero-order valence-electron chi connectivity index (χ0n) is 14.5. The van der Waals surface area contributed by atoms with E-state index in [9.17, 15) is 4.79 Å². The van der Waals surface area contributed by atoms with Crippen molar-refractivity contribution in [2.75, 3.05) is 6.61 Å². The van der Waals surface area contributed by atoms with Crippen molar-refractivity contribution >= 4 is 16.9 Å². The van der Waals surface area contributed by atoms with Crippen LogP contribution in [0, 0.1) is 6.92 Å². The summed E-state index contributed by atoms with van der Waals surface area (Å²) in [5.74, 6) is -0.255. The summed E-state index contributed by atoms with van der Waals surface area (Å²) >= 11 is 0. The number of fused-ring (bicyclic) bond motifs is 1. The second-order valence-electron chi connectivity index (χ2n) is 6.03. The molecule has 3 rings (SSSR count). The maximum atomic E-state index is 12.4. The minimum atomic E-state index is -0.255. The summed E-state index contributed by atoms with van der Waals surface area (Å²) in [6.45, 7) is 6.43. The smallest absolute Gasteiger partial charge is 0.340 e. The molecule has 24 heavy (non-hydrogen) atoms. The van der Waals surface area contributed by atoms with Crippen LogP contribution in [0.4, 0.5) is 0 Å². The molecule has 0 aliphatic heterocycles. The van der Waals surface area contributed by atoms with Gasteiger partial charge < -0.3 is 9.30 Å². The van der Waals surface area contributed by atoms with Crippen LogP contribution in [0.5, 0.6) is 0 Å². The van der Waals surface area contributed by atoms with Crippen LogP contribution in [-0.4, -0.2) is 17.1 Å². The first kappa shape index (κ1) is 16.3. The van der Waals surface area contributed by atoms with Gasteiger partial charge in [0.05, 0.1) is 18.2 Å². The number of hydrogen-bond donors (Lipinski definition) is 0. The van der Waals surface area contributed by atoms with Crippen molar-refractivity contribution in [1.29, 1.82) is 0 Å². The third kappa shape index (κ3) is 2.94. The molecule has 3 heteroatoms. The molecule has 3 nitrogen and oxygen atoms in total. The molecule has 0 N–H and O–H groups in total. The van der Waals surface area contributed by atoms with Gasteiger partial charge in [0.2, 0.25) is 0 Å². The molecule has 124 valence electrons. The lowest BCUT2D eigenvalue weighted by Crippen LogP contribution is -2.09. The van der Waals surface area contributed by atoms with Gasteiger partial charge in [0.15, 0.2) is 0 Å². The monoisotopic (exact) mass is 321 g/mol. The van der Waals surface area contributed by atoms with Crippen LogP contribution in [-0.2, 0) is 4.74 Å². The first-order valence-corrected chi connectivity index (χ1v) is 8.49. The van der Waals surface area contributed by atoms with Gasteiger partial charge in [-0.2, -0.15) is 0 Å². The Bertz CT molecular complexity index is 849. The third-order valence-electron chi connectivity index (χ3n) is 4.39. The maximum absolute atomic E-state index is 12.4. The number of carbonyl (C=O) groups is 1. The van der Waals surface area contributed by atoms with Crippen molar-refractivity contribution in [3.05, 3.63) is 71.4 Å². The normalized spacial score (nSPS) is 12.3. The van der Waals surface area contributed by atoms with E-state index in [4.69, 9.17) is 4.74 Å². The lowest BCUT2D eigenvalue weighted by atomic mass is 10.0. The Morgan fingerprint density at radius 2 is 1.88 bits per heavy atom. The number of aromatic nitrogens is 1. The summed E-state index contributed by atoms with van der Waals surface area (Å²) in [6.07, 6.45) is 2.90. The van der Waals surface area contributed by atoms with Crippen LogP contribution in [0.2, 0.25) is 0 Å². The molecule has 0 aliphatic rings. The van der Waals surface area contributed by atoms with E-state index in [1.807, 2.05) is 26.1 Å². The summed E-state index contributed by atoms with van der Waals surface area (Å²) in [5.41, 5.74) is 4.09. The van der Waals surface area contributed by atoms with Gasteiger partial charge in [-0.3, -0.25) is 0 Å². The quantitative estimate of drug-likeness (QED) is 0.610. The standard InChI is InChI=1S/C21H23NO2/c1-4-19(16-9-7-6-8-10-16)22-14-18(21(23)24-5-2)17-13-15(3)11-12-20(17)22/h6-14,19H,4-5H2,1-3H3. The van der Waals surface area contributed by atoms with Crippen molar-refractivity contribution in [3.8, 4) is 0 Å². The van der Waals surface area contributed by atoms with Crippen molar-refractivity contribution in [1.82, 2.24) is 4.57 Å². The van der Waals surface area contributed by atoms with Crippen molar-refractivity contribution in [2.24, 2.45) is 0 Å². The molecule has 3 aromatic rings. The number of aryl methyl sites for hydroxylation is 1. The van der Waals surface area contributed by atoms with E-state index < -0.39 is 0 Å². The summed E-state index contributed by atoms with van der Waals surface area (Å²) in [7, 11) is 0. The zero-order valence-corrected chi connectivity index (χ0v) is 14.5. The van der Waals surface area contributed by atoms with Crippen LogP contribution >= 0.6 is 0 Å². The van der Waals surface area contributed by atoms with Crippen LogP contribution in [0.3, 0.4) is 0 Å². The molecule has 2 aromatic carbocycles. The second-order valence-corrected chi connectivity index (χ2v) is 6.03. The Labute approximate surface area is 142 Å². The molecular formula is C21H23NO2. The van der Waals surface area contributed by atoms with E-state index in [1.165, 1.54) is 5.56 Å². The summed E-state index contributed by atoms with van der Waals surface area (Å²) in [5, 5.41) is 0.961. The molecule has 1 aromatic heterocycles. The number of hydrogen-bond acceptors (Lipinski definition) is 2. The molecular weight excluding hydrogens is 298 g/mol. The van der Waals surface area contributed by atoms with Gasteiger partial charge in [0.25, 0.3) is 0 Å². The van der Waals surface area contributed by atoms with Gasteiger partial charge in [-0.05, 0) is 38.0 Å². The van der Waals surface area contributed by atoms with Crippen LogP contribution in [0.15, 0.2) is 54.7 Å². The Hall–Kier alpha value is -2.55. The van der Waals surface area contributed by atoms with E-state index in [0.29, 0.717) is 12.2 Å². The Balaban J connectivity index is 2.19.